The number of anilines is 1. The number of carbonyl (C=O) groups excluding carboxylic acids is 1. The second-order valence-electron chi connectivity index (χ2n) is 5.64. The molecule has 1 N–H and O–H groups in total. The first-order valence-corrected chi connectivity index (χ1v) is 8.85. The van der Waals surface area contributed by atoms with Gasteiger partial charge in [0.25, 0.3) is 0 Å². The zero-order valence-electron chi connectivity index (χ0n) is 13.4. The number of hydrogen-bond donors (Lipinski definition) is 1. The van der Waals surface area contributed by atoms with E-state index in [0.717, 1.165) is 28.3 Å². The lowest BCUT2D eigenvalue weighted by atomic mass is 10.1. The largest absolute Gasteiger partial charge is 0.454 e. The van der Waals surface area contributed by atoms with Gasteiger partial charge >= 0.3 is 0 Å². The van der Waals surface area contributed by atoms with Crippen LogP contribution in [0, 0.1) is 0 Å². The van der Waals surface area contributed by atoms with Crippen molar-refractivity contribution < 1.29 is 14.3 Å². The average molecular weight is 352 g/mol. The molecule has 2 heterocycles. The first-order valence-electron chi connectivity index (χ1n) is 7.97. The molecule has 1 amide bonds. The molecule has 6 heteroatoms. The Morgan fingerprint density at radius 1 is 1.12 bits per heavy atom. The van der Waals surface area contributed by atoms with Gasteiger partial charge in [0.15, 0.2) is 16.6 Å². The number of rotatable bonds is 5. The Hall–Kier alpha value is -2.86. The van der Waals surface area contributed by atoms with Crippen LogP contribution in [0.15, 0.2) is 53.9 Å². The molecular weight excluding hydrogens is 336 g/mol. The van der Waals surface area contributed by atoms with Crippen molar-refractivity contribution in [2.45, 2.75) is 12.8 Å². The smallest absolute Gasteiger partial charge is 0.231 e. The van der Waals surface area contributed by atoms with Crippen molar-refractivity contribution in [3.63, 3.8) is 0 Å². The molecule has 0 radical (unpaired) electrons. The van der Waals surface area contributed by atoms with Crippen molar-refractivity contribution in [2.75, 3.05) is 12.1 Å². The molecule has 1 aliphatic rings. The van der Waals surface area contributed by atoms with Gasteiger partial charge in [-0.05, 0) is 30.2 Å². The highest BCUT2D eigenvalue weighted by Crippen LogP contribution is 2.36. The van der Waals surface area contributed by atoms with Gasteiger partial charge < -0.3 is 14.8 Å². The predicted octanol–water partition coefficient (Wildman–Crippen LogP) is 4.11. The van der Waals surface area contributed by atoms with Crippen LogP contribution < -0.4 is 14.8 Å². The minimum atomic E-state index is -0.0320. The van der Waals surface area contributed by atoms with Crippen molar-refractivity contribution in [2.24, 2.45) is 0 Å². The number of aromatic nitrogens is 1. The molecule has 1 aromatic heterocycles. The molecule has 0 saturated heterocycles. The second kappa shape index (κ2) is 6.94. The summed E-state index contributed by atoms with van der Waals surface area (Å²) in [4.78, 5) is 16.6. The second-order valence-corrected chi connectivity index (χ2v) is 6.50. The minimum absolute atomic E-state index is 0.0320. The van der Waals surface area contributed by atoms with Crippen LogP contribution in [0.3, 0.4) is 0 Å². The molecule has 0 bridgehead atoms. The summed E-state index contributed by atoms with van der Waals surface area (Å²) in [5, 5.41) is 5.39. The van der Waals surface area contributed by atoms with E-state index in [2.05, 4.69) is 10.3 Å². The van der Waals surface area contributed by atoms with Crippen LogP contribution in [-0.4, -0.2) is 17.7 Å². The molecule has 5 nitrogen and oxygen atoms in total. The summed E-state index contributed by atoms with van der Waals surface area (Å²) < 4.78 is 10.7. The van der Waals surface area contributed by atoms with Crippen molar-refractivity contribution >= 4 is 22.4 Å². The molecule has 126 valence electrons. The minimum Gasteiger partial charge on any atom is -0.454 e. The van der Waals surface area contributed by atoms with E-state index in [0.29, 0.717) is 18.0 Å². The molecule has 0 unspecified atom stereocenters. The number of benzene rings is 2. The fourth-order valence-electron chi connectivity index (χ4n) is 2.60. The van der Waals surface area contributed by atoms with Gasteiger partial charge in [0.1, 0.15) is 0 Å². The average Bonchev–Trinajstić information content (AvgIpc) is 3.29. The summed E-state index contributed by atoms with van der Waals surface area (Å²) >= 11 is 1.41. The van der Waals surface area contributed by atoms with Crippen molar-refractivity contribution in [1.29, 1.82) is 0 Å². The molecular formula is C19H16N2O3S. The topological polar surface area (TPSA) is 60.5 Å². The van der Waals surface area contributed by atoms with Gasteiger partial charge in [-0.3, -0.25) is 4.79 Å². The molecule has 3 aromatic rings. The molecule has 0 fully saturated rings. The standard InChI is InChI=1S/C19H16N2O3S/c22-18(9-6-13-4-2-1-3-5-13)21-19-20-15(11-25-19)14-7-8-16-17(10-14)24-12-23-16/h1-5,7-8,10-11H,6,9,12H2,(H,20,21,22). The third-order valence-electron chi connectivity index (χ3n) is 3.90. The SMILES string of the molecule is O=C(CCc1ccccc1)Nc1nc(-c2ccc3c(c2)OCO3)cs1. The van der Waals surface area contributed by atoms with Crippen molar-refractivity contribution in [3.8, 4) is 22.8 Å². The highest BCUT2D eigenvalue weighted by Gasteiger charge is 2.15. The summed E-state index contributed by atoms with van der Waals surface area (Å²) in [6.45, 7) is 0.249. The molecule has 0 spiro atoms. The summed E-state index contributed by atoms with van der Waals surface area (Å²) in [6, 6.07) is 15.7. The molecule has 0 atom stereocenters. The Morgan fingerprint density at radius 3 is 2.84 bits per heavy atom. The quantitative estimate of drug-likeness (QED) is 0.751. The first kappa shape index (κ1) is 15.7. The highest BCUT2D eigenvalue weighted by molar-refractivity contribution is 7.14. The maximum Gasteiger partial charge on any atom is 0.231 e. The van der Waals surface area contributed by atoms with Crippen molar-refractivity contribution in [1.82, 2.24) is 4.98 Å². The lowest BCUT2D eigenvalue weighted by Gasteiger charge is -2.02. The maximum atomic E-state index is 12.1. The Balaban J connectivity index is 1.39. The number of nitrogens with zero attached hydrogens (tertiary/aromatic N) is 1. The van der Waals surface area contributed by atoms with Gasteiger partial charge in [0.05, 0.1) is 5.69 Å². The van der Waals surface area contributed by atoms with E-state index in [-0.39, 0.29) is 12.7 Å². The van der Waals surface area contributed by atoms with Gasteiger partial charge in [-0.15, -0.1) is 11.3 Å². The third kappa shape index (κ3) is 3.64. The first-order chi connectivity index (χ1) is 12.3. The monoisotopic (exact) mass is 352 g/mol. The highest BCUT2D eigenvalue weighted by atomic mass is 32.1. The summed E-state index contributed by atoms with van der Waals surface area (Å²) in [5.41, 5.74) is 2.89. The van der Waals surface area contributed by atoms with E-state index in [1.165, 1.54) is 11.3 Å². The van der Waals surface area contributed by atoms with Crippen LogP contribution in [-0.2, 0) is 11.2 Å². The van der Waals surface area contributed by atoms with E-state index < -0.39 is 0 Å². The maximum absolute atomic E-state index is 12.1. The van der Waals surface area contributed by atoms with Gasteiger partial charge in [0.2, 0.25) is 12.7 Å². The number of hydrogen-bond acceptors (Lipinski definition) is 5. The Bertz CT molecular complexity index is 893. The van der Waals surface area contributed by atoms with Gasteiger partial charge in [0, 0.05) is 17.4 Å². The number of nitrogens with one attached hydrogen (secondary N) is 1. The van der Waals surface area contributed by atoms with Crippen LogP contribution >= 0.6 is 11.3 Å². The molecule has 2 aromatic carbocycles. The van der Waals surface area contributed by atoms with Gasteiger partial charge in [-0.2, -0.15) is 0 Å². The number of aryl methyl sites for hydroxylation is 1. The third-order valence-corrected chi connectivity index (χ3v) is 4.66. The fourth-order valence-corrected chi connectivity index (χ4v) is 3.34. The number of thiazole rings is 1. The predicted molar refractivity (Wildman–Crippen MR) is 97.1 cm³/mol. The van der Waals surface area contributed by atoms with Gasteiger partial charge in [-0.25, -0.2) is 4.98 Å². The zero-order chi connectivity index (χ0) is 17.1. The molecule has 25 heavy (non-hydrogen) atoms. The Morgan fingerprint density at radius 2 is 1.96 bits per heavy atom. The van der Waals surface area contributed by atoms with Crippen LogP contribution in [0.1, 0.15) is 12.0 Å². The Labute approximate surface area is 149 Å². The van der Waals surface area contributed by atoms with E-state index >= 15 is 0 Å². The molecule has 0 aliphatic carbocycles. The summed E-state index contributed by atoms with van der Waals surface area (Å²) in [7, 11) is 0. The van der Waals surface area contributed by atoms with Crippen LogP contribution in [0.2, 0.25) is 0 Å². The van der Waals surface area contributed by atoms with E-state index in [1.807, 2.05) is 53.9 Å². The van der Waals surface area contributed by atoms with Gasteiger partial charge in [-0.1, -0.05) is 30.3 Å². The van der Waals surface area contributed by atoms with Crippen LogP contribution in [0.25, 0.3) is 11.3 Å². The fraction of sp³-hybridized carbons (Fsp3) is 0.158. The van der Waals surface area contributed by atoms with E-state index in [9.17, 15) is 4.79 Å². The zero-order valence-corrected chi connectivity index (χ0v) is 14.2. The van der Waals surface area contributed by atoms with Crippen molar-refractivity contribution in [3.05, 3.63) is 59.5 Å². The molecule has 0 saturated carbocycles. The van der Waals surface area contributed by atoms with Crippen LogP contribution in [0.4, 0.5) is 5.13 Å². The van der Waals surface area contributed by atoms with E-state index in [4.69, 9.17) is 9.47 Å². The molecule has 1 aliphatic heterocycles. The normalized spacial score (nSPS) is 12.2. The lowest BCUT2D eigenvalue weighted by molar-refractivity contribution is -0.116. The van der Waals surface area contributed by atoms with Crippen LogP contribution in [0.5, 0.6) is 11.5 Å². The number of fused-ring (bicyclic) bond motifs is 1. The van der Waals surface area contributed by atoms with E-state index in [1.54, 1.807) is 0 Å². The number of ether oxygens (including phenoxy) is 2. The Kier molecular flexibility index (Phi) is 4.35. The lowest BCUT2D eigenvalue weighted by Crippen LogP contribution is -2.12. The number of carbonyl (C=O) groups is 1. The summed E-state index contributed by atoms with van der Waals surface area (Å²) in [5.74, 6) is 1.43. The molecule has 4 rings (SSSR count). The number of amides is 1. The summed E-state index contributed by atoms with van der Waals surface area (Å²) in [6.07, 6.45) is 1.15.